The summed E-state index contributed by atoms with van der Waals surface area (Å²) in [4.78, 5) is 10.9. The van der Waals surface area contributed by atoms with Gasteiger partial charge in [-0.3, -0.25) is 4.79 Å². The average molecular weight is 273 g/mol. The molecule has 0 bridgehead atoms. The lowest BCUT2D eigenvalue weighted by atomic mass is 9.95. The third-order valence-corrected chi connectivity index (χ3v) is 3.62. The third kappa shape index (κ3) is 2.22. The van der Waals surface area contributed by atoms with Crippen LogP contribution in [-0.2, 0) is 17.6 Å². The van der Waals surface area contributed by atoms with Gasteiger partial charge in [-0.25, -0.2) is 4.39 Å². The Morgan fingerprint density at radius 3 is 3.10 bits per heavy atom. The largest absolute Gasteiger partial charge is 0.490 e. The molecule has 1 aliphatic heterocycles. The molecule has 0 atom stereocenters. The molecule has 0 saturated heterocycles. The van der Waals surface area contributed by atoms with E-state index in [9.17, 15) is 9.18 Å². The van der Waals surface area contributed by atoms with Crippen LogP contribution in [0.2, 0.25) is 0 Å². The Morgan fingerprint density at radius 1 is 1.45 bits per heavy atom. The van der Waals surface area contributed by atoms with Gasteiger partial charge < -0.3 is 10.1 Å². The van der Waals surface area contributed by atoms with Crippen molar-refractivity contribution in [3.8, 4) is 5.75 Å². The zero-order valence-electron chi connectivity index (χ0n) is 11.3. The highest BCUT2D eigenvalue weighted by molar-refractivity contribution is 5.91. The lowest BCUT2D eigenvalue weighted by molar-refractivity contribution is -0.118. The Bertz CT molecular complexity index is 682. The first-order chi connectivity index (χ1) is 9.66. The zero-order chi connectivity index (χ0) is 14.1. The van der Waals surface area contributed by atoms with E-state index in [1.807, 2.05) is 18.2 Å². The summed E-state index contributed by atoms with van der Waals surface area (Å²) in [7, 11) is 0. The highest BCUT2D eigenvalue weighted by Crippen LogP contribution is 2.37. The molecule has 0 unspecified atom stereocenters. The maximum atomic E-state index is 13.9. The fourth-order valence-electron chi connectivity index (χ4n) is 2.80. The lowest BCUT2D eigenvalue weighted by Gasteiger charge is -2.11. The third-order valence-electron chi connectivity index (χ3n) is 3.62. The molecule has 2 aromatic rings. The minimum absolute atomic E-state index is 0.0372. The molecule has 2 aromatic carbocycles. The van der Waals surface area contributed by atoms with Crippen LogP contribution in [0.1, 0.15) is 18.1 Å². The number of fused-ring (bicyclic) bond motifs is 3. The molecule has 1 heterocycles. The first-order valence-electron chi connectivity index (χ1n) is 6.77. The van der Waals surface area contributed by atoms with Gasteiger partial charge in [0.2, 0.25) is 5.91 Å². The van der Waals surface area contributed by atoms with Gasteiger partial charge in [0.1, 0.15) is 0 Å². The summed E-state index contributed by atoms with van der Waals surface area (Å²) in [5, 5.41) is 4.76. The van der Waals surface area contributed by atoms with E-state index >= 15 is 0 Å². The summed E-state index contributed by atoms with van der Waals surface area (Å²) in [6.45, 7) is 2.62. The van der Waals surface area contributed by atoms with Gasteiger partial charge in [-0.2, -0.15) is 0 Å². The molecule has 0 aliphatic carbocycles. The minimum atomic E-state index is -0.288. The predicted octanol–water partition coefficient (Wildman–Crippen LogP) is 2.59. The molecule has 3 rings (SSSR count). The van der Waals surface area contributed by atoms with Crippen LogP contribution in [-0.4, -0.2) is 19.1 Å². The van der Waals surface area contributed by atoms with E-state index < -0.39 is 0 Å². The predicted molar refractivity (Wildman–Crippen MR) is 75.5 cm³/mol. The standard InChI is InChI=1S/C16H16FNO2/c1-10(19)18-7-5-11-3-2-4-12-9-14(17)16-13(15(11)12)6-8-20-16/h2-4,9H,5-8H2,1H3,(H,18,19). The van der Waals surface area contributed by atoms with E-state index in [4.69, 9.17) is 4.74 Å². The topological polar surface area (TPSA) is 38.3 Å². The van der Waals surface area contributed by atoms with Crippen molar-refractivity contribution < 1.29 is 13.9 Å². The molecular weight excluding hydrogens is 257 g/mol. The van der Waals surface area contributed by atoms with Crippen molar-refractivity contribution in [1.29, 1.82) is 0 Å². The van der Waals surface area contributed by atoms with Crippen LogP contribution in [0.15, 0.2) is 24.3 Å². The maximum Gasteiger partial charge on any atom is 0.216 e. The average Bonchev–Trinajstić information content (AvgIpc) is 2.88. The van der Waals surface area contributed by atoms with Crippen LogP contribution in [0.5, 0.6) is 5.75 Å². The number of rotatable bonds is 3. The van der Waals surface area contributed by atoms with Crippen molar-refractivity contribution in [2.75, 3.05) is 13.2 Å². The number of ether oxygens (including phenoxy) is 1. The summed E-state index contributed by atoms with van der Waals surface area (Å²) in [6.07, 6.45) is 1.47. The van der Waals surface area contributed by atoms with Gasteiger partial charge in [0.25, 0.3) is 0 Å². The van der Waals surface area contributed by atoms with E-state index in [-0.39, 0.29) is 11.7 Å². The molecule has 1 amide bonds. The number of hydrogen-bond acceptors (Lipinski definition) is 2. The molecule has 1 N–H and O–H groups in total. The number of benzene rings is 2. The summed E-state index contributed by atoms with van der Waals surface area (Å²) < 4.78 is 19.3. The van der Waals surface area contributed by atoms with E-state index in [1.165, 1.54) is 13.0 Å². The van der Waals surface area contributed by atoms with Crippen LogP contribution < -0.4 is 10.1 Å². The monoisotopic (exact) mass is 273 g/mol. The first kappa shape index (κ1) is 12.9. The van der Waals surface area contributed by atoms with Crippen molar-refractivity contribution in [3.05, 3.63) is 41.2 Å². The normalized spacial score (nSPS) is 13.1. The lowest BCUT2D eigenvalue weighted by Crippen LogP contribution is -2.22. The highest BCUT2D eigenvalue weighted by Gasteiger charge is 2.21. The Hall–Kier alpha value is -2.10. The molecule has 1 aliphatic rings. The van der Waals surface area contributed by atoms with Crippen molar-refractivity contribution in [3.63, 3.8) is 0 Å². The van der Waals surface area contributed by atoms with Crippen molar-refractivity contribution in [1.82, 2.24) is 5.32 Å². The molecule has 0 saturated carbocycles. The second kappa shape index (κ2) is 5.12. The number of carbonyl (C=O) groups excluding carboxylic acids is 1. The van der Waals surface area contributed by atoms with E-state index in [1.54, 1.807) is 0 Å². The number of nitrogens with one attached hydrogen (secondary N) is 1. The van der Waals surface area contributed by atoms with E-state index in [2.05, 4.69) is 5.32 Å². The Balaban J connectivity index is 2.04. The summed E-state index contributed by atoms with van der Waals surface area (Å²) >= 11 is 0. The van der Waals surface area contributed by atoms with Crippen molar-refractivity contribution >= 4 is 16.7 Å². The molecule has 4 heteroatoms. The number of hydrogen-bond donors (Lipinski definition) is 1. The Labute approximate surface area is 116 Å². The molecule has 0 radical (unpaired) electrons. The first-order valence-corrected chi connectivity index (χ1v) is 6.77. The van der Waals surface area contributed by atoms with Crippen LogP contribution >= 0.6 is 0 Å². The fourth-order valence-corrected chi connectivity index (χ4v) is 2.80. The summed E-state index contributed by atoms with van der Waals surface area (Å²) in [6, 6.07) is 7.40. The Morgan fingerprint density at radius 2 is 2.30 bits per heavy atom. The van der Waals surface area contributed by atoms with Gasteiger partial charge in [-0.1, -0.05) is 18.2 Å². The molecule has 0 fully saturated rings. The van der Waals surface area contributed by atoms with Gasteiger partial charge >= 0.3 is 0 Å². The van der Waals surface area contributed by atoms with Crippen LogP contribution in [0.25, 0.3) is 10.8 Å². The van der Waals surface area contributed by atoms with Gasteiger partial charge in [-0.05, 0) is 28.8 Å². The van der Waals surface area contributed by atoms with Gasteiger partial charge in [0, 0.05) is 25.5 Å². The number of halogens is 1. The second-order valence-electron chi connectivity index (χ2n) is 5.01. The summed E-state index contributed by atoms with van der Waals surface area (Å²) in [5.41, 5.74) is 2.08. The smallest absolute Gasteiger partial charge is 0.216 e. The molecule has 0 spiro atoms. The quantitative estimate of drug-likeness (QED) is 0.933. The Kier molecular flexibility index (Phi) is 3.30. The van der Waals surface area contributed by atoms with Crippen molar-refractivity contribution in [2.45, 2.75) is 19.8 Å². The molecule has 0 aromatic heterocycles. The number of carbonyl (C=O) groups is 1. The molecule has 20 heavy (non-hydrogen) atoms. The molecule has 104 valence electrons. The van der Waals surface area contributed by atoms with E-state index in [0.717, 1.165) is 34.7 Å². The van der Waals surface area contributed by atoms with Crippen LogP contribution in [0, 0.1) is 5.82 Å². The summed E-state index contributed by atoms with van der Waals surface area (Å²) in [5.74, 6) is 0.0679. The second-order valence-corrected chi connectivity index (χ2v) is 5.01. The van der Waals surface area contributed by atoms with Gasteiger partial charge in [0.05, 0.1) is 6.61 Å². The van der Waals surface area contributed by atoms with E-state index in [0.29, 0.717) is 18.9 Å². The van der Waals surface area contributed by atoms with Gasteiger partial charge in [-0.15, -0.1) is 0 Å². The minimum Gasteiger partial charge on any atom is -0.490 e. The SMILES string of the molecule is CC(=O)NCCc1cccc2cc(F)c3c(c12)CCO3. The maximum absolute atomic E-state index is 13.9. The van der Waals surface area contributed by atoms with Gasteiger partial charge in [0.15, 0.2) is 11.6 Å². The zero-order valence-corrected chi connectivity index (χ0v) is 11.3. The van der Waals surface area contributed by atoms with Crippen LogP contribution in [0.4, 0.5) is 4.39 Å². The fraction of sp³-hybridized carbons (Fsp3) is 0.312. The van der Waals surface area contributed by atoms with Crippen LogP contribution in [0.3, 0.4) is 0 Å². The molecule has 3 nitrogen and oxygen atoms in total. The molecular formula is C16H16FNO2. The number of amides is 1. The van der Waals surface area contributed by atoms with Crippen molar-refractivity contribution in [2.24, 2.45) is 0 Å². The highest BCUT2D eigenvalue weighted by atomic mass is 19.1.